The molecule has 5 heteroatoms. The van der Waals surface area contributed by atoms with E-state index in [2.05, 4.69) is 10.2 Å². The van der Waals surface area contributed by atoms with Gasteiger partial charge in [-0.2, -0.15) is 0 Å². The van der Waals surface area contributed by atoms with Crippen LogP contribution in [0, 0.1) is 0 Å². The lowest BCUT2D eigenvalue weighted by molar-refractivity contribution is 0.106. The molecular weight excluding hydrogens is 204 g/mol. The van der Waals surface area contributed by atoms with Crippen molar-refractivity contribution >= 4 is 11.6 Å². The van der Waals surface area contributed by atoms with Crippen molar-refractivity contribution in [2.24, 2.45) is 0 Å². The summed E-state index contributed by atoms with van der Waals surface area (Å²) in [5, 5.41) is 17.8. The second-order valence-corrected chi connectivity index (χ2v) is 4.35. The summed E-state index contributed by atoms with van der Waals surface area (Å²) in [6.45, 7) is 0. The Morgan fingerprint density at radius 3 is 2.69 bits per heavy atom. The molecule has 0 aromatic carbocycles. The van der Waals surface area contributed by atoms with Crippen LogP contribution in [-0.2, 0) is 0 Å². The van der Waals surface area contributed by atoms with E-state index in [1.54, 1.807) is 6.07 Å². The van der Waals surface area contributed by atoms with Gasteiger partial charge in [0, 0.05) is 7.05 Å². The number of anilines is 2. The van der Waals surface area contributed by atoms with Crippen LogP contribution < -0.4 is 10.6 Å². The number of hydrogen-bond donors (Lipinski definition) is 2. The Bertz CT molecular complexity index is 340. The topological polar surface area (TPSA) is 75.3 Å². The number of aliphatic hydroxyl groups is 1. The van der Waals surface area contributed by atoms with Crippen LogP contribution in [0.25, 0.3) is 0 Å². The molecule has 1 fully saturated rings. The first kappa shape index (κ1) is 11.1. The molecular formula is C11H18N4O. The van der Waals surface area contributed by atoms with Crippen LogP contribution in [0.15, 0.2) is 12.1 Å². The second-order valence-electron chi connectivity index (χ2n) is 4.35. The largest absolute Gasteiger partial charge is 0.391 e. The average Bonchev–Trinajstić information content (AvgIpc) is 2.30. The third-order valence-electron chi connectivity index (χ3n) is 3.22. The van der Waals surface area contributed by atoms with Gasteiger partial charge in [-0.1, -0.05) is 12.8 Å². The maximum atomic E-state index is 9.94. The highest BCUT2D eigenvalue weighted by atomic mass is 16.3. The molecule has 5 nitrogen and oxygen atoms in total. The molecule has 3 N–H and O–H groups in total. The minimum Gasteiger partial charge on any atom is -0.391 e. The Morgan fingerprint density at radius 1 is 1.31 bits per heavy atom. The van der Waals surface area contributed by atoms with Gasteiger partial charge in [-0.25, -0.2) is 0 Å². The van der Waals surface area contributed by atoms with Crippen LogP contribution >= 0.6 is 0 Å². The number of aromatic nitrogens is 2. The van der Waals surface area contributed by atoms with E-state index in [0.717, 1.165) is 31.5 Å². The van der Waals surface area contributed by atoms with Crippen LogP contribution in [0.2, 0.25) is 0 Å². The van der Waals surface area contributed by atoms with E-state index in [9.17, 15) is 5.11 Å². The number of likely N-dealkylation sites (N-methyl/N-ethyl adjacent to an activating group) is 1. The molecule has 1 aromatic heterocycles. The predicted octanol–water partition coefficient (Wildman–Crippen LogP) is 0.798. The van der Waals surface area contributed by atoms with Gasteiger partial charge in [0.2, 0.25) is 0 Å². The fraction of sp³-hybridized carbons (Fsp3) is 0.636. The fourth-order valence-corrected chi connectivity index (χ4v) is 2.24. The van der Waals surface area contributed by atoms with Gasteiger partial charge in [-0.15, -0.1) is 10.2 Å². The van der Waals surface area contributed by atoms with E-state index in [-0.39, 0.29) is 12.1 Å². The zero-order chi connectivity index (χ0) is 11.5. The van der Waals surface area contributed by atoms with E-state index >= 15 is 0 Å². The van der Waals surface area contributed by atoms with Crippen molar-refractivity contribution in [3.63, 3.8) is 0 Å². The van der Waals surface area contributed by atoms with Gasteiger partial charge >= 0.3 is 0 Å². The summed E-state index contributed by atoms with van der Waals surface area (Å²) in [4.78, 5) is 2.00. The molecule has 0 aliphatic heterocycles. The third kappa shape index (κ3) is 2.24. The van der Waals surface area contributed by atoms with E-state index in [1.165, 1.54) is 0 Å². The number of nitrogens with two attached hydrogens (primary N) is 1. The van der Waals surface area contributed by atoms with Crippen LogP contribution in [0.3, 0.4) is 0 Å². The predicted molar refractivity (Wildman–Crippen MR) is 63.1 cm³/mol. The fourth-order valence-electron chi connectivity index (χ4n) is 2.24. The Morgan fingerprint density at radius 2 is 2.06 bits per heavy atom. The SMILES string of the molecule is CN(c1ccc(N)nn1)C1CCCCC1O. The van der Waals surface area contributed by atoms with Gasteiger partial charge in [0.1, 0.15) is 5.82 Å². The molecule has 0 spiro atoms. The standard InChI is InChI=1S/C11H18N4O/c1-15(8-4-2-3-5-9(8)16)11-7-6-10(12)13-14-11/h6-9,16H,2-5H2,1H3,(H2,12,13). The molecule has 88 valence electrons. The van der Waals surface area contributed by atoms with Crippen molar-refractivity contribution in [1.29, 1.82) is 0 Å². The van der Waals surface area contributed by atoms with Crippen molar-refractivity contribution in [3.8, 4) is 0 Å². The first-order valence-electron chi connectivity index (χ1n) is 5.68. The van der Waals surface area contributed by atoms with Crippen LogP contribution in [0.4, 0.5) is 11.6 Å². The summed E-state index contributed by atoms with van der Waals surface area (Å²) in [5.74, 6) is 1.18. The van der Waals surface area contributed by atoms with Crippen molar-refractivity contribution in [2.45, 2.75) is 37.8 Å². The molecule has 1 aliphatic rings. The van der Waals surface area contributed by atoms with Crippen LogP contribution in [-0.4, -0.2) is 34.5 Å². The van der Waals surface area contributed by atoms with Gasteiger partial charge in [0.05, 0.1) is 12.1 Å². The summed E-state index contributed by atoms with van der Waals surface area (Å²) in [7, 11) is 1.94. The Hall–Kier alpha value is -1.36. The van der Waals surface area contributed by atoms with E-state index in [0.29, 0.717) is 5.82 Å². The molecule has 1 saturated carbocycles. The van der Waals surface area contributed by atoms with Gasteiger partial charge in [-0.3, -0.25) is 0 Å². The minimum atomic E-state index is -0.266. The molecule has 0 saturated heterocycles. The molecule has 2 rings (SSSR count). The highest BCUT2D eigenvalue weighted by Gasteiger charge is 2.27. The number of aliphatic hydroxyl groups excluding tert-OH is 1. The molecule has 2 atom stereocenters. The first-order chi connectivity index (χ1) is 7.68. The number of nitrogens with zero attached hydrogens (tertiary/aromatic N) is 3. The lowest BCUT2D eigenvalue weighted by Crippen LogP contribution is -2.43. The minimum absolute atomic E-state index is 0.145. The number of nitrogen functional groups attached to an aromatic ring is 1. The average molecular weight is 222 g/mol. The van der Waals surface area contributed by atoms with Crippen molar-refractivity contribution in [1.82, 2.24) is 10.2 Å². The molecule has 2 unspecified atom stereocenters. The smallest absolute Gasteiger partial charge is 0.151 e. The van der Waals surface area contributed by atoms with Crippen molar-refractivity contribution < 1.29 is 5.11 Å². The van der Waals surface area contributed by atoms with E-state index < -0.39 is 0 Å². The van der Waals surface area contributed by atoms with Crippen molar-refractivity contribution in [3.05, 3.63) is 12.1 Å². The van der Waals surface area contributed by atoms with Crippen LogP contribution in [0.1, 0.15) is 25.7 Å². The van der Waals surface area contributed by atoms with Gasteiger partial charge < -0.3 is 15.7 Å². The number of hydrogen-bond acceptors (Lipinski definition) is 5. The summed E-state index contributed by atoms with van der Waals surface area (Å²) >= 11 is 0. The highest BCUT2D eigenvalue weighted by Crippen LogP contribution is 2.25. The second kappa shape index (κ2) is 4.65. The van der Waals surface area contributed by atoms with E-state index in [4.69, 9.17) is 5.73 Å². The monoisotopic (exact) mass is 222 g/mol. The highest BCUT2D eigenvalue weighted by molar-refractivity contribution is 5.41. The summed E-state index contributed by atoms with van der Waals surface area (Å²) in [6.07, 6.45) is 3.88. The summed E-state index contributed by atoms with van der Waals surface area (Å²) in [6, 6.07) is 3.71. The molecule has 1 heterocycles. The quantitative estimate of drug-likeness (QED) is 0.774. The maximum Gasteiger partial charge on any atom is 0.151 e. The Labute approximate surface area is 95.3 Å². The third-order valence-corrected chi connectivity index (χ3v) is 3.22. The zero-order valence-corrected chi connectivity index (χ0v) is 9.50. The van der Waals surface area contributed by atoms with Gasteiger partial charge in [0.15, 0.2) is 5.82 Å². The molecule has 0 bridgehead atoms. The summed E-state index contributed by atoms with van der Waals surface area (Å²) < 4.78 is 0. The zero-order valence-electron chi connectivity index (χ0n) is 9.50. The molecule has 16 heavy (non-hydrogen) atoms. The summed E-state index contributed by atoms with van der Waals surface area (Å²) in [5.41, 5.74) is 5.49. The molecule has 1 aromatic rings. The van der Waals surface area contributed by atoms with E-state index in [1.807, 2.05) is 18.0 Å². The lowest BCUT2D eigenvalue weighted by Gasteiger charge is -2.35. The Balaban J connectivity index is 2.11. The van der Waals surface area contributed by atoms with Crippen molar-refractivity contribution in [2.75, 3.05) is 17.7 Å². The molecule has 0 amide bonds. The number of rotatable bonds is 2. The normalized spacial score (nSPS) is 25.4. The molecule has 0 radical (unpaired) electrons. The Kier molecular flexibility index (Phi) is 3.24. The van der Waals surface area contributed by atoms with Gasteiger partial charge in [0.25, 0.3) is 0 Å². The van der Waals surface area contributed by atoms with Gasteiger partial charge in [-0.05, 0) is 25.0 Å². The van der Waals surface area contributed by atoms with Crippen LogP contribution in [0.5, 0.6) is 0 Å². The first-order valence-corrected chi connectivity index (χ1v) is 5.68. The maximum absolute atomic E-state index is 9.94. The molecule has 1 aliphatic carbocycles. The lowest BCUT2D eigenvalue weighted by atomic mass is 9.91.